The van der Waals surface area contributed by atoms with E-state index >= 15 is 0 Å². The molecule has 0 fully saturated rings. The van der Waals surface area contributed by atoms with Crippen molar-refractivity contribution in [3.05, 3.63) is 182 Å². The maximum atomic E-state index is 10.9. The molecule has 0 atom stereocenters. The Hall–Kier alpha value is -11.4. The van der Waals surface area contributed by atoms with Gasteiger partial charge in [0.25, 0.3) is 0 Å². The van der Waals surface area contributed by atoms with Crippen molar-refractivity contribution in [1.29, 1.82) is 0 Å². The van der Waals surface area contributed by atoms with E-state index in [4.69, 9.17) is 40.9 Å². The topological polar surface area (TPSA) is 634 Å². The Kier molecular flexibility index (Phi) is 73.7. The molecule has 16 N–H and O–H groups in total. The highest BCUT2D eigenvalue weighted by molar-refractivity contribution is 9.11. The highest BCUT2D eigenvalue weighted by Gasteiger charge is 2.08. The first-order valence-corrected chi connectivity index (χ1v) is 43.7. The first-order chi connectivity index (χ1) is 60.3. The van der Waals surface area contributed by atoms with E-state index in [0.29, 0.717) is 97.9 Å². The van der Waals surface area contributed by atoms with Gasteiger partial charge in [0.2, 0.25) is 47.3 Å². The molecule has 0 spiro atoms. The van der Waals surface area contributed by atoms with Gasteiger partial charge in [-0.2, -0.15) is 0 Å². The fraction of sp³-hybridized carbons (Fsp3) is 0.300. The summed E-state index contributed by atoms with van der Waals surface area (Å²) in [4.78, 5) is 196. The van der Waals surface area contributed by atoms with Gasteiger partial charge in [0.1, 0.15) is 46.5 Å². The summed E-state index contributed by atoms with van der Waals surface area (Å²) < 4.78 is 7.20. The van der Waals surface area contributed by atoms with Crippen LogP contribution < -0.4 is 42.5 Å². The lowest BCUT2D eigenvalue weighted by atomic mass is 10.3. The van der Waals surface area contributed by atoms with E-state index in [1.807, 2.05) is 48.5 Å². The maximum Gasteiger partial charge on any atom is 0.303 e. The Morgan fingerprint density at radius 2 is 0.273 bits per heavy atom. The van der Waals surface area contributed by atoms with Crippen molar-refractivity contribution in [2.75, 3.05) is 42.5 Å². The number of aromatic nitrogens is 8. The molecular weight excluding hydrogens is 2210 g/mol. The number of halogens is 8. The molecule has 696 valence electrons. The first kappa shape index (κ1) is 123. The van der Waals surface area contributed by atoms with Crippen LogP contribution in [0.5, 0.6) is 0 Å². The number of pyridine rings is 8. The average molecular weight is 2300 g/mol. The molecule has 0 aromatic carbocycles. The second-order valence-electron chi connectivity index (χ2n) is 23.3. The highest BCUT2D eigenvalue weighted by Crippen LogP contribution is 2.17. The molecule has 8 heterocycles. The van der Waals surface area contributed by atoms with Crippen LogP contribution in [0.3, 0.4) is 0 Å². The Morgan fingerprint density at radius 1 is 0.188 bits per heavy atom. The van der Waals surface area contributed by atoms with Gasteiger partial charge in [-0.3, -0.25) is 76.7 Å². The number of carbonyl (C=O) groups excluding carboxylic acids is 8. The highest BCUT2D eigenvalue weighted by atomic mass is 79.9. The summed E-state index contributed by atoms with van der Waals surface area (Å²) in [5.74, 6) is -4.09. The predicted octanol–water partition coefficient (Wildman–Crippen LogP) is 17.3. The summed E-state index contributed by atoms with van der Waals surface area (Å²) >= 11 is 26.0. The number of hydrogen-bond donors (Lipinski definition) is 16. The minimum absolute atomic E-state index is 0.0233. The molecule has 0 aliphatic carbocycles. The number of rotatable bonds is 28. The summed E-state index contributed by atoms with van der Waals surface area (Å²) in [7, 11) is 0. The van der Waals surface area contributed by atoms with Crippen molar-refractivity contribution < 1.29 is 118 Å². The third-order valence-corrected chi connectivity index (χ3v) is 16.5. The van der Waals surface area contributed by atoms with E-state index in [-0.39, 0.29) is 98.6 Å². The molecule has 8 aromatic heterocycles. The van der Waals surface area contributed by atoms with E-state index in [9.17, 15) is 76.7 Å². The second-order valence-corrected chi connectivity index (χ2v) is 30.6. The van der Waals surface area contributed by atoms with E-state index in [1.54, 1.807) is 153 Å². The van der Waals surface area contributed by atoms with Crippen LogP contribution >= 0.6 is 127 Å². The van der Waals surface area contributed by atoms with Gasteiger partial charge in [-0.05, 0) is 225 Å². The number of anilines is 8. The minimum Gasteiger partial charge on any atom is -0.481 e. The molecule has 0 saturated carbocycles. The van der Waals surface area contributed by atoms with Crippen molar-refractivity contribution in [3.63, 3.8) is 0 Å². The molecule has 0 saturated heterocycles. The Bertz CT molecular complexity index is 3800. The molecule has 8 aromatic rings. The first-order valence-electron chi connectivity index (χ1n) is 37.3. The number of carbonyl (C=O) groups is 16. The third kappa shape index (κ3) is 79.2. The molecule has 40 nitrogen and oxygen atoms in total. The van der Waals surface area contributed by atoms with Crippen LogP contribution in [0, 0.1) is 0 Å². The predicted molar refractivity (Wildman–Crippen MR) is 505 cm³/mol. The van der Waals surface area contributed by atoms with Gasteiger partial charge in [0.15, 0.2) is 0 Å². The van der Waals surface area contributed by atoms with Crippen molar-refractivity contribution in [2.24, 2.45) is 0 Å². The van der Waals surface area contributed by atoms with Crippen LogP contribution in [0.15, 0.2) is 182 Å². The quantitative estimate of drug-likeness (QED) is 0.0216. The van der Waals surface area contributed by atoms with Crippen molar-refractivity contribution in [1.82, 2.24) is 39.9 Å². The van der Waals surface area contributed by atoms with Gasteiger partial charge in [0.05, 0.1) is 51.4 Å². The van der Waals surface area contributed by atoms with Gasteiger partial charge in [-0.1, -0.05) is 55.4 Å². The largest absolute Gasteiger partial charge is 0.481 e. The Balaban J connectivity index is -0.000000658. The van der Waals surface area contributed by atoms with Gasteiger partial charge in [0, 0.05) is 137 Å². The van der Waals surface area contributed by atoms with Gasteiger partial charge in [-0.25, -0.2) is 39.9 Å². The summed E-state index contributed by atoms with van der Waals surface area (Å²) in [5.41, 5.74) is 0. The second kappa shape index (κ2) is 76.8. The van der Waals surface area contributed by atoms with Gasteiger partial charge in [-0.15, -0.1) is 0 Å². The van der Waals surface area contributed by atoms with E-state index in [1.165, 1.54) is 0 Å². The zero-order valence-corrected chi connectivity index (χ0v) is 82.6. The molecule has 0 aliphatic heterocycles. The zero-order valence-electron chi connectivity index (χ0n) is 69.9. The number of hydrogen-bond acceptors (Lipinski definition) is 24. The molecule has 8 amide bonds. The van der Waals surface area contributed by atoms with Crippen LogP contribution in [0.1, 0.15) is 158 Å². The van der Waals surface area contributed by atoms with Crippen molar-refractivity contribution in [2.45, 2.75) is 158 Å². The molecule has 0 unspecified atom stereocenters. The smallest absolute Gasteiger partial charge is 0.303 e. The fourth-order valence-electron chi connectivity index (χ4n) is 6.30. The van der Waals surface area contributed by atoms with Gasteiger partial charge < -0.3 is 83.4 Å². The molecule has 0 radical (unpaired) electrons. The molecule has 8 rings (SSSR count). The lowest BCUT2D eigenvalue weighted by Gasteiger charge is -2.00. The van der Waals surface area contributed by atoms with Crippen molar-refractivity contribution >= 4 is 269 Å². The van der Waals surface area contributed by atoms with Crippen LogP contribution in [0.25, 0.3) is 0 Å². The fourth-order valence-corrected chi connectivity index (χ4v) is 8.18. The lowest BCUT2D eigenvalue weighted by Crippen LogP contribution is -2.10. The van der Waals surface area contributed by atoms with Crippen LogP contribution in [0.4, 0.5) is 46.5 Å². The minimum atomic E-state index is -1.08. The molecule has 48 heteroatoms. The van der Waals surface area contributed by atoms with Crippen LogP contribution in [-0.2, 0) is 76.7 Å². The Morgan fingerprint density at radius 3 is 0.328 bits per heavy atom. The number of carboxylic acids is 8. The summed E-state index contributed by atoms with van der Waals surface area (Å²) in [6.07, 6.45) is 14.5. The van der Waals surface area contributed by atoms with Gasteiger partial charge >= 0.3 is 47.8 Å². The monoisotopic (exact) mass is 2300 g/mol. The summed E-state index contributed by atoms with van der Waals surface area (Å²) in [5, 5.41) is 84.4. The van der Waals surface area contributed by atoms with E-state index in [0.717, 1.165) is 35.8 Å². The normalized spacial score (nSPS) is 9.25. The third-order valence-electron chi connectivity index (χ3n) is 12.7. The molecule has 128 heavy (non-hydrogen) atoms. The van der Waals surface area contributed by atoms with E-state index < -0.39 is 47.8 Å². The molecule has 0 bridgehead atoms. The van der Waals surface area contributed by atoms with Crippen LogP contribution in [-0.4, -0.2) is 176 Å². The summed E-state index contributed by atoms with van der Waals surface area (Å²) in [6.45, 7) is 14.4. The maximum absolute atomic E-state index is 10.9. The van der Waals surface area contributed by atoms with E-state index in [2.05, 4.69) is 210 Å². The van der Waals surface area contributed by atoms with Crippen molar-refractivity contribution in [3.8, 4) is 0 Å². The number of nitrogens with zero attached hydrogens (tertiary/aromatic N) is 8. The lowest BCUT2D eigenvalue weighted by molar-refractivity contribution is -0.143. The summed E-state index contributed by atoms with van der Waals surface area (Å²) in [6, 6.07) is 28.6. The number of amides is 8. The zero-order chi connectivity index (χ0) is 98.1. The molecular formula is C80H96Br8N16O24. The standard InChI is InChI=1S/8C8H9BrN2O.4C4H6O4/c8*1-2-8(12)11-7-4-3-6(9)5-10-7;4*5-3(6)1-2-4(7)8/h8*3-5H,2H2,1H3,(H,10,11,12);4*1-2H2,(H,5,6)(H,7,8). The number of carboxylic acid groups (broad SMARTS) is 8. The SMILES string of the molecule is CCC(=O)Nc1ccc(Br)cn1.CCC(=O)Nc1ccc(Br)cn1.CCC(=O)Nc1ccc(Br)cn1.CCC(=O)Nc1ccc(Br)cn1.CCC(=O)Nc1ccc(Br)cn1.CCC(=O)Nc1ccc(Br)cn1.CCC(=O)Nc1ccc(Br)cn1.CCC(=O)Nc1ccc(Br)cn1.O=C(O)CCC(=O)O.O=C(O)CCC(=O)O.O=C(O)CCC(=O)O.O=C(O)CCC(=O)O. The molecule has 0 aliphatic rings. The number of nitrogens with one attached hydrogen (secondary N) is 8. The average Bonchev–Trinajstić information content (AvgIpc) is 0.961. The van der Waals surface area contributed by atoms with Crippen LogP contribution in [0.2, 0.25) is 0 Å². The number of aliphatic carboxylic acids is 8. The Labute approximate surface area is 803 Å².